The minimum Gasteiger partial charge on any atom is -0.504 e. The molecule has 4 aliphatic rings. The van der Waals surface area contributed by atoms with Crippen molar-refractivity contribution >= 4 is 17.8 Å². The van der Waals surface area contributed by atoms with Crippen LogP contribution in [0.15, 0.2) is 24.0 Å². The Morgan fingerprint density at radius 1 is 1.28 bits per heavy atom. The molecule has 1 aliphatic heterocycles. The topological polar surface area (TPSA) is 152 Å². The molecule has 4 N–H and O–H groups in total. The standard InChI is InChI=1S/C26H31NO9/c1-13(28)23(31)27-11-8-19(30)34-14(2)24(32)35-18-7-10-26(33)16-4-3-9-25(26)20-15(12-16)5-6-17(29)21(20)36-22(18)25/h5-7,13-14,16,22,28-29,33H,3-4,8-12H2,1-2H3,(H,27,31)/t13?,14-,16+,22-,25-,26+/m0/s1. The van der Waals surface area contributed by atoms with Crippen LogP contribution in [0.1, 0.15) is 57.1 Å². The van der Waals surface area contributed by atoms with Gasteiger partial charge in [-0.3, -0.25) is 9.59 Å². The molecule has 10 heteroatoms. The van der Waals surface area contributed by atoms with Gasteiger partial charge in [-0.15, -0.1) is 0 Å². The Kier molecular flexibility index (Phi) is 5.99. The zero-order valence-corrected chi connectivity index (χ0v) is 20.3. The summed E-state index contributed by atoms with van der Waals surface area (Å²) in [5.74, 6) is -1.53. The molecule has 1 unspecified atom stereocenters. The summed E-state index contributed by atoms with van der Waals surface area (Å²) in [6.45, 7) is 2.65. The highest BCUT2D eigenvalue weighted by Crippen LogP contribution is 2.67. The van der Waals surface area contributed by atoms with Crippen molar-refractivity contribution < 1.29 is 43.9 Å². The molecule has 2 bridgehead atoms. The number of hydrogen-bond donors (Lipinski definition) is 4. The first kappa shape index (κ1) is 24.6. The maximum absolute atomic E-state index is 12.8. The van der Waals surface area contributed by atoms with Gasteiger partial charge in [0.15, 0.2) is 23.7 Å². The highest BCUT2D eigenvalue weighted by Gasteiger charge is 2.70. The van der Waals surface area contributed by atoms with Gasteiger partial charge in [-0.1, -0.05) is 12.5 Å². The quantitative estimate of drug-likeness (QED) is 0.403. The molecule has 0 aromatic heterocycles. The van der Waals surface area contributed by atoms with E-state index in [0.717, 1.165) is 24.0 Å². The molecule has 1 amide bonds. The van der Waals surface area contributed by atoms with Crippen molar-refractivity contribution in [2.45, 2.75) is 81.7 Å². The maximum atomic E-state index is 12.8. The number of phenols is 1. The molecular formula is C26H31NO9. The van der Waals surface area contributed by atoms with E-state index >= 15 is 0 Å². The molecule has 5 rings (SSSR count). The monoisotopic (exact) mass is 501 g/mol. The fraction of sp³-hybridized carbons (Fsp3) is 0.577. The number of hydrogen-bond acceptors (Lipinski definition) is 9. The predicted octanol–water partition coefficient (Wildman–Crippen LogP) is 1.13. The van der Waals surface area contributed by atoms with Crippen molar-refractivity contribution in [1.82, 2.24) is 5.32 Å². The molecule has 0 radical (unpaired) electrons. The minimum atomic E-state index is -1.22. The van der Waals surface area contributed by atoms with Crippen LogP contribution in [0.25, 0.3) is 0 Å². The van der Waals surface area contributed by atoms with Gasteiger partial charge >= 0.3 is 11.9 Å². The summed E-state index contributed by atoms with van der Waals surface area (Å²) >= 11 is 0. The zero-order chi connectivity index (χ0) is 25.8. The average molecular weight is 502 g/mol. The van der Waals surface area contributed by atoms with E-state index in [9.17, 15) is 24.6 Å². The van der Waals surface area contributed by atoms with E-state index in [0.29, 0.717) is 18.6 Å². The largest absolute Gasteiger partial charge is 0.504 e. The SMILES string of the molecule is CC(O)C(=O)NCCC(=O)O[C@@H](C)C(=O)OC1=CC[C@@]2(O)[C@@H]3CCC[C@@]24c2c(ccc(O)c2O[C@@H]14)C3. The number of aliphatic hydroxyl groups is 2. The summed E-state index contributed by atoms with van der Waals surface area (Å²) in [7, 11) is 0. The number of amides is 1. The minimum absolute atomic E-state index is 0.0143. The van der Waals surface area contributed by atoms with Crippen LogP contribution in [0.4, 0.5) is 0 Å². The third-order valence-corrected chi connectivity index (χ3v) is 8.13. The number of carbonyl (C=O) groups excluding carboxylic acids is 3. The van der Waals surface area contributed by atoms with E-state index in [1.54, 1.807) is 12.1 Å². The average Bonchev–Trinajstić information content (AvgIpc) is 3.17. The van der Waals surface area contributed by atoms with Gasteiger partial charge in [0.25, 0.3) is 0 Å². The second-order valence-corrected chi connectivity index (χ2v) is 10.2. The Hall–Kier alpha value is -3.11. The molecule has 1 aromatic carbocycles. The summed E-state index contributed by atoms with van der Waals surface area (Å²) in [5, 5.41) is 34.1. The molecular weight excluding hydrogens is 470 g/mol. The van der Waals surface area contributed by atoms with Gasteiger partial charge in [0.1, 0.15) is 11.9 Å². The Morgan fingerprint density at radius 3 is 2.81 bits per heavy atom. The number of aliphatic hydroxyl groups excluding tert-OH is 1. The summed E-state index contributed by atoms with van der Waals surface area (Å²) in [6, 6.07) is 3.48. The van der Waals surface area contributed by atoms with E-state index in [4.69, 9.17) is 19.3 Å². The first-order valence-corrected chi connectivity index (χ1v) is 12.4. The van der Waals surface area contributed by atoms with Crippen LogP contribution < -0.4 is 10.1 Å². The molecule has 10 nitrogen and oxygen atoms in total. The van der Waals surface area contributed by atoms with E-state index in [-0.39, 0.29) is 36.8 Å². The van der Waals surface area contributed by atoms with Crippen LogP contribution in [0.3, 0.4) is 0 Å². The normalized spacial score (nSPS) is 30.7. The van der Waals surface area contributed by atoms with Crippen LogP contribution in [0.2, 0.25) is 0 Å². The van der Waals surface area contributed by atoms with Gasteiger partial charge in [-0.2, -0.15) is 0 Å². The van der Waals surface area contributed by atoms with Gasteiger partial charge in [-0.25, -0.2) is 4.79 Å². The van der Waals surface area contributed by atoms with Crippen molar-refractivity contribution in [1.29, 1.82) is 0 Å². The molecule has 194 valence electrons. The lowest BCUT2D eigenvalue weighted by atomic mass is 9.47. The highest BCUT2D eigenvalue weighted by molar-refractivity contribution is 5.82. The number of aromatic hydroxyl groups is 1. The Balaban J connectivity index is 1.31. The van der Waals surface area contributed by atoms with Gasteiger partial charge in [0.05, 0.1) is 17.4 Å². The van der Waals surface area contributed by atoms with E-state index in [2.05, 4.69) is 5.32 Å². The van der Waals surface area contributed by atoms with Crippen LogP contribution in [-0.4, -0.2) is 63.6 Å². The number of benzene rings is 1. The first-order valence-electron chi connectivity index (χ1n) is 12.4. The van der Waals surface area contributed by atoms with Crippen LogP contribution >= 0.6 is 0 Å². The predicted molar refractivity (Wildman–Crippen MR) is 124 cm³/mol. The summed E-state index contributed by atoms with van der Waals surface area (Å²) in [6.07, 6.45) is 1.66. The fourth-order valence-corrected chi connectivity index (χ4v) is 6.47. The number of rotatable bonds is 7. The van der Waals surface area contributed by atoms with E-state index in [1.165, 1.54) is 13.8 Å². The second-order valence-electron chi connectivity index (χ2n) is 10.2. The lowest BCUT2D eigenvalue weighted by Gasteiger charge is -2.59. The lowest BCUT2D eigenvalue weighted by molar-refractivity contribution is -0.171. The van der Waals surface area contributed by atoms with E-state index in [1.807, 2.05) is 6.07 Å². The lowest BCUT2D eigenvalue weighted by Crippen LogP contribution is -2.67. The molecule has 1 heterocycles. The van der Waals surface area contributed by atoms with Gasteiger partial charge in [0, 0.05) is 12.1 Å². The van der Waals surface area contributed by atoms with Gasteiger partial charge in [0.2, 0.25) is 5.91 Å². The molecule has 1 fully saturated rings. The molecule has 1 saturated carbocycles. The number of ether oxygens (including phenoxy) is 3. The van der Waals surface area contributed by atoms with Crippen LogP contribution in [0, 0.1) is 5.92 Å². The molecule has 1 spiro atoms. The van der Waals surface area contributed by atoms with Crippen molar-refractivity contribution in [2.75, 3.05) is 6.54 Å². The molecule has 1 aromatic rings. The molecule has 36 heavy (non-hydrogen) atoms. The maximum Gasteiger partial charge on any atom is 0.352 e. The number of carbonyl (C=O) groups is 3. The number of phenolic OH excluding ortho intramolecular Hbond substituents is 1. The van der Waals surface area contributed by atoms with Gasteiger partial charge in [-0.05, 0) is 63.2 Å². The molecule has 6 atom stereocenters. The Bertz CT molecular complexity index is 1140. The van der Waals surface area contributed by atoms with Crippen molar-refractivity contribution in [3.05, 3.63) is 35.1 Å². The summed E-state index contributed by atoms with van der Waals surface area (Å²) in [4.78, 5) is 36.3. The van der Waals surface area contributed by atoms with Crippen LogP contribution in [-0.2, 0) is 35.7 Å². The second kappa shape index (κ2) is 8.77. The number of esters is 2. The summed E-state index contributed by atoms with van der Waals surface area (Å²) < 4.78 is 17.1. The first-order chi connectivity index (χ1) is 17.1. The van der Waals surface area contributed by atoms with Gasteiger partial charge < -0.3 is 34.8 Å². The zero-order valence-electron chi connectivity index (χ0n) is 20.3. The van der Waals surface area contributed by atoms with Crippen molar-refractivity contribution in [2.24, 2.45) is 5.92 Å². The van der Waals surface area contributed by atoms with Crippen molar-refractivity contribution in [3.8, 4) is 11.5 Å². The molecule has 3 aliphatic carbocycles. The Labute approximate surface area is 208 Å². The fourth-order valence-electron chi connectivity index (χ4n) is 6.47. The smallest absolute Gasteiger partial charge is 0.352 e. The third kappa shape index (κ3) is 3.57. The summed E-state index contributed by atoms with van der Waals surface area (Å²) in [5.41, 5.74) is -0.0559. The number of nitrogens with one attached hydrogen (secondary N) is 1. The molecule has 0 saturated heterocycles. The van der Waals surface area contributed by atoms with Crippen molar-refractivity contribution in [3.63, 3.8) is 0 Å². The van der Waals surface area contributed by atoms with E-state index < -0.39 is 47.2 Å². The van der Waals surface area contributed by atoms with Crippen LogP contribution in [0.5, 0.6) is 11.5 Å². The highest BCUT2D eigenvalue weighted by atomic mass is 16.6. The Morgan fingerprint density at radius 2 is 2.06 bits per heavy atom. The third-order valence-electron chi connectivity index (χ3n) is 8.13.